The first-order valence-corrected chi connectivity index (χ1v) is 5.38. The number of aromatic nitrogens is 2. The minimum Gasteiger partial charge on any atom is -0.350 e. The molecule has 1 aliphatic heterocycles. The molecular formula is C11H15N5. The van der Waals surface area contributed by atoms with Gasteiger partial charge in [0.2, 0.25) is 0 Å². The summed E-state index contributed by atoms with van der Waals surface area (Å²) in [5, 5.41) is 8.65. The van der Waals surface area contributed by atoms with Gasteiger partial charge in [-0.3, -0.25) is 0 Å². The highest BCUT2D eigenvalue weighted by Crippen LogP contribution is 2.16. The molecule has 1 aromatic heterocycles. The first-order valence-electron chi connectivity index (χ1n) is 5.38. The van der Waals surface area contributed by atoms with E-state index in [4.69, 9.17) is 5.26 Å². The Balaban J connectivity index is 2.14. The molecule has 1 aromatic rings. The fourth-order valence-electron chi connectivity index (χ4n) is 2.01. The molecule has 1 saturated heterocycles. The van der Waals surface area contributed by atoms with E-state index in [0.29, 0.717) is 11.7 Å². The number of anilines is 1. The monoisotopic (exact) mass is 217 g/mol. The van der Waals surface area contributed by atoms with E-state index in [2.05, 4.69) is 33.7 Å². The Morgan fingerprint density at radius 3 is 2.75 bits per heavy atom. The average molecular weight is 217 g/mol. The van der Waals surface area contributed by atoms with Crippen LogP contribution in [-0.2, 0) is 0 Å². The molecule has 2 rings (SSSR count). The van der Waals surface area contributed by atoms with Crippen molar-refractivity contribution in [2.24, 2.45) is 0 Å². The minimum absolute atomic E-state index is 0.366. The van der Waals surface area contributed by atoms with Crippen LogP contribution in [0.5, 0.6) is 0 Å². The Morgan fingerprint density at radius 2 is 2.19 bits per heavy atom. The third-order valence-corrected chi connectivity index (χ3v) is 2.88. The van der Waals surface area contributed by atoms with E-state index < -0.39 is 0 Å². The van der Waals surface area contributed by atoms with Gasteiger partial charge in [-0.15, -0.1) is 0 Å². The van der Waals surface area contributed by atoms with Crippen LogP contribution in [0.4, 0.5) is 5.82 Å². The third kappa shape index (κ3) is 2.12. The number of hydrogen-bond donors (Lipinski definition) is 0. The van der Waals surface area contributed by atoms with Gasteiger partial charge >= 0.3 is 0 Å². The lowest BCUT2D eigenvalue weighted by atomic mass is 10.2. The predicted octanol–water partition coefficient (Wildman–Crippen LogP) is 0.489. The summed E-state index contributed by atoms with van der Waals surface area (Å²) in [6.45, 7) is 5.20. The van der Waals surface area contributed by atoms with Gasteiger partial charge in [0.25, 0.3) is 0 Å². The average Bonchev–Trinajstić information content (AvgIpc) is 2.29. The first-order chi connectivity index (χ1) is 7.70. The van der Waals surface area contributed by atoms with Crippen molar-refractivity contribution in [3.8, 4) is 6.07 Å². The molecular weight excluding hydrogens is 202 g/mol. The Kier molecular flexibility index (Phi) is 3.02. The zero-order valence-corrected chi connectivity index (χ0v) is 9.59. The molecule has 1 fully saturated rings. The smallest absolute Gasteiger partial charge is 0.158 e. The number of rotatable bonds is 1. The van der Waals surface area contributed by atoms with Crippen LogP contribution in [-0.4, -0.2) is 47.6 Å². The van der Waals surface area contributed by atoms with Crippen molar-refractivity contribution < 1.29 is 0 Å². The van der Waals surface area contributed by atoms with Gasteiger partial charge in [-0.05, 0) is 14.0 Å². The number of likely N-dealkylation sites (N-methyl/N-ethyl adjacent to an activating group) is 1. The molecule has 2 heterocycles. The van der Waals surface area contributed by atoms with Gasteiger partial charge in [-0.25, -0.2) is 9.97 Å². The molecule has 5 heteroatoms. The fourth-order valence-corrected chi connectivity index (χ4v) is 2.01. The van der Waals surface area contributed by atoms with Gasteiger partial charge < -0.3 is 9.80 Å². The molecule has 0 bridgehead atoms. The Bertz CT molecular complexity index is 394. The summed E-state index contributed by atoms with van der Waals surface area (Å²) < 4.78 is 0. The summed E-state index contributed by atoms with van der Waals surface area (Å²) in [6.07, 6.45) is 3.21. The van der Waals surface area contributed by atoms with E-state index in [9.17, 15) is 0 Å². The van der Waals surface area contributed by atoms with Gasteiger partial charge in [-0.2, -0.15) is 5.26 Å². The summed E-state index contributed by atoms with van der Waals surface area (Å²) in [4.78, 5) is 12.9. The van der Waals surface area contributed by atoms with E-state index in [1.54, 1.807) is 6.20 Å². The van der Waals surface area contributed by atoms with Crippen LogP contribution in [0.1, 0.15) is 12.6 Å². The molecule has 0 saturated carbocycles. The zero-order valence-electron chi connectivity index (χ0n) is 9.59. The van der Waals surface area contributed by atoms with Crippen LogP contribution < -0.4 is 4.90 Å². The second-order valence-corrected chi connectivity index (χ2v) is 4.18. The number of piperazine rings is 1. The molecule has 0 amide bonds. The Labute approximate surface area is 95.3 Å². The highest BCUT2D eigenvalue weighted by Gasteiger charge is 2.22. The molecule has 0 radical (unpaired) electrons. The number of nitriles is 1. The molecule has 0 N–H and O–H groups in total. The van der Waals surface area contributed by atoms with Crippen LogP contribution in [0.15, 0.2) is 12.4 Å². The summed E-state index contributed by atoms with van der Waals surface area (Å²) in [6, 6.07) is 2.41. The molecule has 0 spiro atoms. The van der Waals surface area contributed by atoms with Crippen molar-refractivity contribution in [1.82, 2.24) is 14.9 Å². The van der Waals surface area contributed by atoms with Crippen LogP contribution in [0.2, 0.25) is 0 Å². The van der Waals surface area contributed by atoms with Crippen molar-refractivity contribution >= 4 is 5.82 Å². The lowest BCUT2D eigenvalue weighted by Gasteiger charge is -2.38. The highest BCUT2D eigenvalue weighted by molar-refractivity contribution is 5.39. The second kappa shape index (κ2) is 4.45. The normalized spacial score (nSPS) is 21.8. The molecule has 1 aliphatic rings. The molecule has 84 valence electrons. The number of hydrogen-bond acceptors (Lipinski definition) is 5. The van der Waals surface area contributed by atoms with Gasteiger partial charge in [-0.1, -0.05) is 0 Å². The summed E-state index contributed by atoms with van der Waals surface area (Å²) in [7, 11) is 2.12. The van der Waals surface area contributed by atoms with Crippen LogP contribution in [0.3, 0.4) is 0 Å². The zero-order chi connectivity index (χ0) is 11.5. The Hall–Kier alpha value is -1.67. The van der Waals surface area contributed by atoms with Crippen molar-refractivity contribution in [3.05, 3.63) is 18.1 Å². The van der Waals surface area contributed by atoms with Gasteiger partial charge in [0.1, 0.15) is 11.9 Å². The highest BCUT2D eigenvalue weighted by atomic mass is 15.3. The second-order valence-electron chi connectivity index (χ2n) is 4.18. The molecule has 1 atom stereocenters. The summed E-state index contributed by atoms with van der Waals surface area (Å²) in [5.41, 5.74) is 0.366. The third-order valence-electron chi connectivity index (χ3n) is 2.88. The number of nitrogens with zero attached hydrogens (tertiary/aromatic N) is 5. The van der Waals surface area contributed by atoms with Crippen molar-refractivity contribution in [2.45, 2.75) is 13.0 Å². The standard InChI is InChI=1S/C11H15N5/c1-9-8-15(2)3-4-16(9)11-7-13-10(5-12)6-14-11/h6-7,9H,3-4,8H2,1-2H3. The first kappa shape index (κ1) is 10.8. The van der Waals surface area contributed by atoms with E-state index in [-0.39, 0.29) is 0 Å². The lowest BCUT2D eigenvalue weighted by molar-refractivity contribution is 0.274. The van der Waals surface area contributed by atoms with E-state index >= 15 is 0 Å². The molecule has 0 aromatic carbocycles. The van der Waals surface area contributed by atoms with Crippen LogP contribution in [0.25, 0.3) is 0 Å². The summed E-state index contributed by atoms with van der Waals surface area (Å²) in [5.74, 6) is 0.861. The topological polar surface area (TPSA) is 56.0 Å². The molecule has 16 heavy (non-hydrogen) atoms. The van der Waals surface area contributed by atoms with Gasteiger partial charge in [0.05, 0.1) is 12.4 Å². The van der Waals surface area contributed by atoms with Crippen molar-refractivity contribution in [3.63, 3.8) is 0 Å². The maximum atomic E-state index is 8.65. The summed E-state index contributed by atoms with van der Waals surface area (Å²) >= 11 is 0. The molecule has 1 unspecified atom stereocenters. The van der Waals surface area contributed by atoms with Crippen molar-refractivity contribution in [1.29, 1.82) is 5.26 Å². The molecule has 5 nitrogen and oxygen atoms in total. The minimum atomic E-state index is 0.366. The quantitative estimate of drug-likeness (QED) is 0.685. The molecule has 0 aliphatic carbocycles. The van der Waals surface area contributed by atoms with E-state index in [1.807, 2.05) is 6.07 Å². The van der Waals surface area contributed by atoms with Crippen LogP contribution >= 0.6 is 0 Å². The predicted molar refractivity (Wildman–Crippen MR) is 61.1 cm³/mol. The SMILES string of the molecule is CC1CN(C)CCN1c1cnc(C#N)cn1. The Morgan fingerprint density at radius 1 is 1.38 bits per heavy atom. The fraction of sp³-hybridized carbons (Fsp3) is 0.545. The van der Waals surface area contributed by atoms with Crippen molar-refractivity contribution in [2.75, 3.05) is 31.6 Å². The largest absolute Gasteiger partial charge is 0.350 e. The van der Waals surface area contributed by atoms with Gasteiger partial charge in [0.15, 0.2) is 5.69 Å². The maximum absolute atomic E-state index is 8.65. The van der Waals surface area contributed by atoms with E-state index in [0.717, 1.165) is 25.5 Å². The van der Waals surface area contributed by atoms with Crippen LogP contribution in [0, 0.1) is 11.3 Å². The maximum Gasteiger partial charge on any atom is 0.158 e. The lowest BCUT2D eigenvalue weighted by Crippen LogP contribution is -2.50. The van der Waals surface area contributed by atoms with Gasteiger partial charge in [0, 0.05) is 25.7 Å². The van der Waals surface area contributed by atoms with E-state index in [1.165, 1.54) is 6.20 Å².